The smallest absolute Gasteiger partial charge is 0.354 e. The minimum Gasteiger partial charge on any atom is -0.481 e. The van der Waals surface area contributed by atoms with Crippen LogP contribution in [0.3, 0.4) is 0 Å². The molecule has 94 valence electrons. The Morgan fingerprint density at radius 2 is 1.83 bits per heavy atom. The van der Waals surface area contributed by atoms with Gasteiger partial charge in [0.15, 0.2) is 5.57 Å². The number of nitrogens with one attached hydrogen (secondary N) is 1. The van der Waals surface area contributed by atoms with E-state index < -0.39 is 5.97 Å². The van der Waals surface area contributed by atoms with Crippen molar-refractivity contribution in [3.63, 3.8) is 0 Å². The van der Waals surface area contributed by atoms with Crippen molar-refractivity contribution in [2.24, 2.45) is 0 Å². The molecule has 0 heterocycles. The Kier molecular flexibility index (Phi) is 4.76. The number of methoxy groups -OCH3 is 2. The first-order valence-electron chi connectivity index (χ1n) is 5.22. The summed E-state index contributed by atoms with van der Waals surface area (Å²) in [6.07, 6.45) is 0. The van der Waals surface area contributed by atoms with E-state index in [0.29, 0.717) is 5.69 Å². The van der Waals surface area contributed by atoms with Crippen molar-refractivity contribution in [1.82, 2.24) is 0 Å². The molecular formula is C13H14N2O3. The van der Waals surface area contributed by atoms with Crippen LogP contribution in [0.25, 0.3) is 0 Å². The maximum atomic E-state index is 11.4. The lowest BCUT2D eigenvalue weighted by atomic mass is 10.2. The average Bonchev–Trinajstić information content (AvgIpc) is 2.40. The summed E-state index contributed by atoms with van der Waals surface area (Å²) in [6, 6.07) is 9.20. The lowest BCUT2D eigenvalue weighted by molar-refractivity contribution is -0.135. The SMILES string of the molecule is COC(=O)/C(C#N)=C(\Nc1ccc(C)cc1)OC. The van der Waals surface area contributed by atoms with Gasteiger partial charge in [0.25, 0.3) is 0 Å². The normalized spacial score (nSPS) is 11.0. The van der Waals surface area contributed by atoms with E-state index in [2.05, 4.69) is 10.1 Å². The molecule has 1 aromatic carbocycles. The lowest BCUT2D eigenvalue weighted by Gasteiger charge is -2.11. The van der Waals surface area contributed by atoms with Crippen LogP contribution in [-0.2, 0) is 14.3 Å². The summed E-state index contributed by atoms with van der Waals surface area (Å²) in [5.74, 6) is -0.679. The third kappa shape index (κ3) is 3.25. The highest BCUT2D eigenvalue weighted by molar-refractivity contribution is 5.93. The van der Waals surface area contributed by atoms with Crippen molar-refractivity contribution < 1.29 is 14.3 Å². The lowest BCUT2D eigenvalue weighted by Crippen LogP contribution is -2.13. The van der Waals surface area contributed by atoms with E-state index in [1.807, 2.05) is 31.2 Å². The molecule has 0 atom stereocenters. The predicted molar refractivity (Wildman–Crippen MR) is 66.5 cm³/mol. The second kappa shape index (κ2) is 6.30. The van der Waals surface area contributed by atoms with Gasteiger partial charge in [-0.1, -0.05) is 17.7 Å². The van der Waals surface area contributed by atoms with E-state index in [1.165, 1.54) is 14.2 Å². The second-order valence-electron chi connectivity index (χ2n) is 3.50. The highest BCUT2D eigenvalue weighted by Gasteiger charge is 2.17. The number of aryl methyl sites for hydroxylation is 1. The van der Waals surface area contributed by atoms with Crippen LogP contribution in [0, 0.1) is 18.3 Å². The van der Waals surface area contributed by atoms with E-state index in [1.54, 1.807) is 6.07 Å². The van der Waals surface area contributed by atoms with Gasteiger partial charge in [-0.3, -0.25) is 0 Å². The summed E-state index contributed by atoms with van der Waals surface area (Å²) < 4.78 is 9.51. The topological polar surface area (TPSA) is 71.4 Å². The molecule has 0 radical (unpaired) electrons. The molecule has 0 aliphatic carbocycles. The molecular weight excluding hydrogens is 232 g/mol. The molecule has 0 aliphatic rings. The van der Waals surface area contributed by atoms with E-state index in [9.17, 15) is 4.79 Å². The van der Waals surface area contributed by atoms with Crippen molar-refractivity contribution in [3.8, 4) is 6.07 Å². The van der Waals surface area contributed by atoms with Crippen molar-refractivity contribution in [1.29, 1.82) is 5.26 Å². The number of nitriles is 1. The summed E-state index contributed by atoms with van der Waals surface area (Å²) in [4.78, 5) is 11.4. The first-order valence-corrected chi connectivity index (χ1v) is 5.22. The molecule has 0 bridgehead atoms. The fraction of sp³-hybridized carbons (Fsp3) is 0.231. The summed E-state index contributed by atoms with van der Waals surface area (Å²) in [5.41, 5.74) is 1.62. The zero-order valence-corrected chi connectivity index (χ0v) is 10.5. The molecule has 5 nitrogen and oxygen atoms in total. The number of carbonyl (C=O) groups excluding carboxylic acids is 1. The maximum absolute atomic E-state index is 11.4. The molecule has 1 aromatic rings. The van der Waals surface area contributed by atoms with Crippen LogP contribution in [0.4, 0.5) is 5.69 Å². The zero-order valence-electron chi connectivity index (χ0n) is 10.5. The number of ether oxygens (including phenoxy) is 2. The molecule has 1 rings (SSSR count). The van der Waals surface area contributed by atoms with E-state index in [-0.39, 0.29) is 11.5 Å². The molecule has 0 saturated carbocycles. The van der Waals surface area contributed by atoms with E-state index >= 15 is 0 Å². The van der Waals surface area contributed by atoms with Gasteiger partial charge < -0.3 is 14.8 Å². The monoisotopic (exact) mass is 246 g/mol. The predicted octanol–water partition coefficient (Wildman–Crippen LogP) is 1.96. The Morgan fingerprint density at radius 1 is 1.22 bits per heavy atom. The van der Waals surface area contributed by atoms with Gasteiger partial charge in [0.2, 0.25) is 5.88 Å². The Hall–Kier alpha value is -2.48. The van der Waals surface area contributed by atoms with Crippen LogP contribution in [0.2, 0.25) is 0 Å². The zero-order chi connectivity index (χ0) is 13.5. The Morgan fingerprint density at radius 3 is 2.28 bits per heavy atom. The van der Waals surface area contributed by atoms with Crippen LogP contribution < -0.4 is 5.32 Å². The summed E-state index contributed by atoms with van der Waals surface area (Å²) in [7, 11) is 2.58. The Labute approximate surface area is 106 Å². The number of esters is 1. The quantitative estimate of drug-likeness (QED) is 0.380. The van der Waals surface area contributed by atoms with E-state index in [4.69, 9.17) is 10.00 Å². The molecule has 0 spiro atoms. The van der Waals surface area contributed by atoms with Gasteiger partial charge in [-0.15, -0.1) is 0 Å². The molecule has 0 aliphatic heterocycles. The third-order valence-corrected chi connectivity index (χ3v) is 2.24. The number of benzene rings is 1. The molecule has 5 heteroatoms. The van der Waals surface area contributed by atoms with Crippen molar-refractivity contribution in [2.75, 3.05) is 19.5 Å². The maximum Gasteiger partial charge on any atom is 0.354 e. The van der Waals surface area contributed by atoms with Crippen LogP contribution in [0.1, 0.15) is 5.56 Å². The number of hydrogen-bond acceptors (Lipinski definition) is 5. The van der Waals surface area contributed by atoms with Crippen molar-refractivity contribution in [2.45, 2.75) is 6.92 Å². The minimum atomic E-state index is -0.742. The molecule has 0 saturated heterocycles. The minimum absolute atomic E-state index is 0.0632. The third-order valence-electron chi connectivity index (χ3n) is 2.24. The second-order valence-corrected chi connectivity index (χ2v) is 3.50. The molecule has 0 amide bonds. The largest absolute Gasteiger partial charge is 0.481 e. The first kappa shape index (κ1) is 13.6. The van der Waals surface area contributed by atoms with Crippen LogP contribution in [0.5, 0.6) is 0 Å². The van der Waals surface area contributed by atoms with Gasteiger partial charge in [-0.25, -0.2) is 4.79 Å². The van der Waals surface area contributed by atoms with Crippen LogP contribution in [-0.4, -0.2) is 20.2 Å². The summed E-state index contributed by atoms with van der Waals surface area (Å²) in [5, 5.41) is 11.8. The van der Waals surface area contributed by atoms with Gasteiger partial charge in [0, 0.05) is 5.69 Å². The number of carbonyl (C=O) groups is 1. The average molecular weight is 246 g/mol. The molecule has 0 unspecified atom stereocenters. The highest BCUT2D eigenvalue weighted by atomic mass is 16.5. The van der Waals surface area contributed by atoms with Gasteiger partial charge in [0.05, 0.1) is 14.2 Å². The highest BCUT2D eigenvalue weighted by Crippen LogP contribution is 2.14. The van der Waals surface area contributed by atoms with Crippen molar-refractivity contribution in [3.05, 3.63) is 41.3 Å². The number of rotatable bonds is 4. The van der Waals surface area contributed by atoms with Gasteiger partial charge in [-0.05, 0) is 19.1 Å². The molecule has 1 N–H and O–H groups in total. The van der Waals surface area contributed by atoms with Crippen LogP contribution >= 0.6 is 0 Å². The summed E-state index contributed by atoms with van der Waals surface area (Å²) >= 11 is 0. The summed E-state index contributed by atoms with van der Waals surface area (Å²) in [6.45, 7) is 1.96. The molecule has 18 heavy (non-hydrogen) atoms. The van der Waals surface area contributed by atoms with Gasteiger partial charge >= 0.3 is 5.97 Å². The van der Waals surface area contributed by atoms with Gasteiger partial charge in [-0.2, -0.15) is 5.26 Å². The van der Waals surface area contributed by atoms with E-state index in [0.717, 1.165) is 5.56 Å². The molecule has 0 aromatic heterocycles. The van der Waals surface area contributed by atoms with Gasteiger partial charge in [0.1, 0.15) is 6.07 Å². The number of anilines is 1. The number of hydrogen-bond donors (Lipinski definition) is 1. The van der Waals surface area contributed by atoms with Crippen LogP contribution in [0.15, 0.2) is 35.7 Å². The number of nitrogens with zero attached hydrogens (tertiary/aromatic N) is 1. The van der Waals surface area contributed by atoms with Crippen molar-refractivity contribution >= 4 is 11.7 Å². The molecule has 0 fully saturated rings. The fourth-order valence-electron chi connectivity index (χ4n) is 1.27. The standard InChI is InChI=1S/C13H14N2O3/c1-9-4-6-10(7-5-9)15-12(17-2)11(8-14)13(16)18-3/h4-7,15H,1-3H3/b12-11+. The Bertz CT molecular complexity index is 498. The fourth-order valence-corrected chi connectivity index (χ4v) is 1.27. The first-order chi connectivity index (χ1) is 8.62. The Balaban J connectivity index is 3.03.